The van der Waals surface area contributed by atoms with Gasteiger partial charge in [-0.05, 0) is 62.9 Å². The first-order valence-electron chi connectivity index (χ1n) is 19.7. The summed E-state index contributed by atoms with van der Waals surface area (Å²) < 4.78 is 24.4. The van der Waals surface area contributed by atoms with Gasteiger partial charge < -0.3 is 44.5 Å². The number of carbonyl (C=O) groups excluding carboxylic acids is 2. The summed E-state index contributed by atoms with van der Waals surface area (Å²) in [6, 6.07) is 0. The molecular weight excluding hydrogens is 680 g/mol. The van der Waals surface area contributed by atoms with Crippen molar-refractivity contribution in [3.63, 3.8) is 0 Å². The summed E-state index contributed by atoms with van der Waals surface area (Å²) in [4.78, 5) is 26.5. The van der Waals surface area contributed by atoms with Crippen LogP contribution in [0, 0.1) is 35.5 Å². The number of aliphatic hydroxyl groups is 5. The average Bonchev–Trinajstić information content (AvgIpc) is 3.09. The maximum atomic E-state index is 13.3. The fourth-order valence-electron chi connectivity index (χ4n) is 7.77. The molecule has 1 spiro atoms. The van der Waals surface area contributed by atoms with Crippen LogP contribution in [0.4, 0.5) is 0 Å². The molecule has 5 N–H and O–H groups in total. The van der Waals surface area contributed by atoms with E-state index in [9.17, 15) is 35.1 Å². The fourth-order valence-corrected chi connectivity index (χ4v) is 7.77. The van der Waals surface area contributed by atoms with Gasteiger partial charge in [-0.3, -0.25) is 4.79 Å². The number of esters is 1. The van der Waals surface area contributed by atoms with E-state index in [-0.39, 0.29) is 48.6 Å². The minimum atomic E-state index is -1.20. The molecule has 2 saturated heterocycles. The second kappa shape index (κ2) is 21.6. The number of fused-ring (bicyclic) bond motifs is 2. The van der Waals surface area contributed by atoms with Gasteiger partial charge in [0.15, 0.2) is 5.79 Å². The van der Waals surface area contributed by atoms with E-state index >= 15 is 0 Å². The molecule has 11 heteroatoms. The number of aliphatic hydroxyl groups excluding tert-OH is 5. The number of carbonyl (C=O) groups is 2. The highest BCUT2D eigenvalue weighted by molar-refractivity contribution is 5.83. The van der Waals surface area contributed by atoms with Crippen LogP contribution in [-0.2, 0) is 28.5 Å². The van der Waals surface area contributed by atoms with Crippen LogP contribution in [0.15, 0.2) is 48.8 Å². The predicted molar refractivity (Wildman–Crippen MR) is 202 cm³/mol. The highest BCUT2D eigenvalue weighted by Gasteiger charge is 2.48. The quantitative estimate of drug-likeness (QED) is 0.186. The van der Waals surface area contributed by atoms with Crippen LogP contribution in [0.3, 0.4) is 0 Å². The molecule has 53 heavy (non-hydrogen) atoms. The third-order valence-corrected chi connectivity index (χ3v) is 11.3. The van der Waals surface area contributed by atoms with Crippen LogP contribution < -0.4 is 0 Å². The Hall–Kier alpha value is -2.38. The van der Waals surface area contributed by atoms with Gasteiger partial charge >= 0.3 is 5.97 Å². The summed E-state index contributed by atoms with van der Waals surface area (Å²) in [5.74, 6) is -3.79. The second-order valence-corrected chi connectivity index (χ2v) is 16.3. The van der Waals surface area contributed by atoms with Gasteiger partial charge in [0.2, 0.25) is 0 Å². The van der Waals surface area contributed by atoms with E-state index in [1.54, 1.807) is 26.8 Å². The summed E-state index contributed by atoms with van der Waals surface area (Å²) >= 11 is 0. The molecule has 0 amide bonds. The van der Waals surface area contributed by atoms with Gasteiger partial charge in [-0.2, -0.15) is 0 Å². The highest BCUT2D eigenvalue weighted by Crippen LogP contribution is 2.44. The van der Waals surface area contributed by atoms with E-state index in [1.807, 2.05) is 25.2 Å². The number of ether oxygens (including phenoxy) is 4. The second-order valence-electron chi connectivity index (χ2n) is 16.3. The first kappa shape index (κ1) is 45.0. The van der Waals surface area contributed by atoms with Gasteiger partial charge in [-0.15, -0.1) is 0 Å². The molecule has 0 aliphatic carbocycles. The Kier molecular flexibility index (Phi) is 18.4. The largest absolute Gasteiger partial charge is 0.505 e. The lowest BCUT2D eigenvalue weighted by molar-refractivity contribution is -0.337. The van der Waals surface area contributed by atoms with Crippen molar-refractivity contribution in [3.8, 4) is 0 Å². The summed E-state index contributed by atoms with van der Waals surface area (Å²) in [7, 11) is 1.45. The standard InChI is InChI=1S/C42H68O11/c1-26-11-9-8-10-12-28(3)41(49)35(18-20-50-7)37(46)23-32(44)22-36(45)31(6)40(48)29(4)14-16-39(47)51-34-24-33(15-13-26)52-42(25-34)19-17-27(2)38(53-42)21-30(5)43/h8-11,14,16,18,20,26-36,38,40-41,43-45,48-49H,12-13,15,17,19,21-25H2,1-7H3/b10-8+,11-9+,16-14+,20-18+. The highest BCUT2D eigenvalue weighted by atomic mass is 16.7. The van der Waals surface area contributed by atoms with Gasteiger partial charge in [0, 0.05) is 50.0 Å². The molecule has 15 unspecified atom stereocenters. The first-order valence-corrected chi connectivity index (χ1v) is 19.7. The Morgan fingerprint density at radius 3 is 2.36 bits per heavy atom. The van der Waals surface area contributed by atoms with Crippen LogP contribution in [0.2, 0.25) is 0 Å². The van der Waals surface area contributed by atoms with Crippen molar-refractivity contribution in [3.05, 3.63) is 48.8 Å². The topological polar surface area (TPSA) is 172 Å². The van der Waals surface area contributed by atoms with Crippen molar-refractivity contribution in [2.24, 2.45) is 35.5 Å². The molecule has 3 aliphatic heterocycles. The maximum Gasteiger partial charge on any atom is 0.330 e. The third kappa shape index (κ3) is 14.3. The van der Waals surface area contributed by atoms with E-state index in [2.05, 4.69) is 19.9 Å². The van der Waals surface area contributed by atoms with Gasteiger partial charge in [-0.1, -0.05) is 65.0 Å². The van der Waals surface area contributed by atoms with Crippen molar-refractivity contribution in [2.45, 2.75) is 160 Å². The smallest absolute Gasteiger partial charge is 0.330 e. The molecule has 302 valence electrons. The molecule has 0 radical (unpaired) electrons. The van der Waals surface area contributed by atoms with E-state index in [1.165, 1.54) is 25.5 Å². The Balaban J connectivity index is 1.85. The van der Waals surface area contributed by atoms with Crippen molar-refractivity contribution in [1.82, 2.24) is 0 Å². The number of rotatable bonds is 4. The Morgan fingerprint density at radius 1 is 0.925 bits per heavy atom. The SMILES string of the molecule is CO/C=C/C1C(=O)CC(O)CC(O)C(C)C(O)C(C)/C=C/C(=O)OC2CC(CCC(C)/C=C/C=C/CC(C)C1O)OC1(CCC(C)C(CC(C)O)O1)C2. The van der Waals surface area contributed by atoms with Gasteiger partial charge in [0.1, 0.15) is 11.9 Å². The minimum Gasteiger partial charge on any atom is -0.505 e. The molecule has 15 atom stereocenters. The van der Waals surface area contributed by atoms with Crippen molar-refractivity contribution < 1.29 is 54.1 Å². The zero-order valence-corrected chi connectivity index (χ0v) is 33.0. The Bertz CT molecular complexity index is 1250. The molecule has 0 aromatic heterocycles. The van der Waals surface area contributed by atoms with Crippen LogP contribution >= 0.6 is 0 Å². The molecule has 0 saturated carbocycles. The summed E-state index contributed by atoms with van der Waals surface area (Å²) in [6.07, 6.45) is 12.4. The fraction of sp³-hybridized carbons (Fsp3) is 0.762. The molecule has 2 bridgehead atoms. The number of methoxy groups -OCH3 is 1. The maximum absolute atomic E-state index is 13.3. The van der Waals surface area contributed by atoms with E-state index in [4.69, 9.17) is 18.9 Å². The summed E-state index contributed by atoms with van der Waals surface area (Å²) in [6.45, 7) is 11.3. The third-order valence-electron chi connectivity index (χ3n) is 11.3. The van der Waals surface area contributed by atoms with Gasteiger partial charge in [0.05, 0.1) is 62.0 Å². The van der Waals surface area contributed by atoms with E-state index < -0.39 is 66.1 Å². The molecule has 3 aliphatic rings. The van der Waals surface area contributed by atoms with Crippen molar-refractivity contribution in [1.29, 1.82) is 0 Å². The van der Waals surface area contributed by atoms with Crippen LogP contribution in [0.5, 0.6) is 0 Å². The van der Waals surface area contributed by atoms with Crippen LogP contribution in [-0.4, -0.2) is 99.0 Å². The first-order chi connectivity index (χ1) is 25.0. The lowest BCUT2D eigenvalue weighted by Gasteiger charge is -2.50. The van der Waals surface area contributed by atoms with E-state index in [0.717, 1.165) is 19.3 Å². The number of allylic oxidation sites excluding steroid dienone is 4. The zero-order valence-electron chi connectivity index (χ0n) is 33.0. The molecule has 11 nitrogen and oxygen atoms in total. The lowest BCUT2D eigenvalue weighted by atomic mass is 9.83. The molecule has 3 rings (SSSR count). The Morgan fingerprint density at radius 2 is 1.66 bits per heavy atom. The molecular formula is C42H68O11. The number of hydrogen-bond acceptors (Lipinski definition) is 11. The van der Waals surface area contributed by atoms with E-state index in [0.29, 0.717) is 32.1 Å². The van der Waals surface area contributed by atoms with Crippen molar-refractivity contribution in [2.75, 3.05) is 7.11 Å². The van der Waals surface area contributed by atoms with Gasteiger partial charge in [0.25, 0.3) is 0 Å². The number of Topliss-reactive ketones (excluding diaryl/α,β-unsaturated/α-hetero) is 1. The molecule has 2 fully saturated rings. The average molecular weight is 749 g/mol. The van der Waals surface area contributed by atoms with Crippen LogP contribution in [0.1, 0.15) is 106 Å². The summed E-state index contributed by atoms with van der Waals surface area (Å²) in [5, 5.41) is 54.1. The normalized spacial score (nSPS) is 43.1. The Labute approximate surface area is 317 Å². The van der Waals surface area contributed by atoms with Crippen LogP contribution in [0.25, 0.3) is 0 Å². The lowest BCUT2D eigenvalue weighted by Crippen LogP contribution is -2.54. The molecule has 0 aromatic carbocycles. The van der Waals surface area contributed by atoms with Gasteiger partial charge in [-0.25, -0.2) is 4.79 Å². The number of ketones is 1. The number of hydrogen-bond donors (Lipinski definition) is 5. The monoisotopic (exact) mass is 748 g/mol. The van der Waals surface area contributed by atoms with Crippen molar-refractivity contribution >= 4 is 11.8 Å². The minimum absolute atomic E-state index is 0.159. The summed E-state index contributed by atoms with van der Waals surface area (Å²) in [5.41, 5.74) is 0. The zero-order chi connectivity index (χ0) is 39.3. The molecule has 0 aromatic rings. The molecule has 3 heterocycles. The predicted octanol–water partition coefficient (Wildman–Crippen LogP) is 5.33.